The van der Waals surface area contributed by atoms with Crippen molar-refractivity contribution in [3.8, 4) is 0 Å². The normalized spacial score (nSPS) is 17.2. The molecule has 1 heterocycles. The van der Waals surface area contributed by atoms with E-state index < -0.39 is 6.04 Å². The Hall–Kier alpha value is -0.910. The first-order valence-electron chi connectivity index (χ1n) is 5.47. The summed E-state index contributed by atoms with van der Waals surface area (Å²) in [6.07, 6.45) is 3.87. The molecule has 0 saturated carbocycles. The van der Waals surface area contributed by atoms with Crippen LogP contribution in [0.4, 0.5) is 4.39 Å². The molecule has 0 fully saturated rings. The van der Waals surface area contributed by atoms with Crippen molar-refractivity contribution in [1.29, 1.82) is 0 Å². The van der Waals surface area contributed by atoms with Crippen molar-refractivity contribution in [2.45, 2.75) is 18.9 Å². The largest absolute Gasteiger partial charge is 0.496 e. The maximum atomic E-state index is 13.8. The lowest BCUT2D eigenvalue weighted by Crippen LogP contribution is -2.32. The molecule has 0 aliphatic carbocycles. The summed E-state index contributed by atoms with van der Waals surface area (Å²) in [4.78, 5) is 0. The van der Waals surface area contributed by atoms with Crippen molar-refractivity contribution in [3.05, 3.63) is 45.9 Å². The summed E-state index contributed by atoms with van der Waals surface area (Å²) in [6.45, 7) is 0.649. The summed E-state index contributed by atoms with van der Waals surface area (Å²) >= 11 is 3.34. The van der Waals surface area contributed by atoms with E-state index in [-0.39, 0.29) is 5.82 Å². The van der Waals surface area contributed by atoms with Crippen LogP contribution in [0.15, 0.2) is 34.5 Å². The highest BCUT2D eigenvalue weighted by molar-refractivity contribution is 9.10. The van der Waals surface area contributed by atoms with Gasteiger partial charge in [-0.25, -0.2) is 9.82 Å². The van der Waals surface area contributed by atoms with E-state index in [0.717, 1.165) is 12.8 Å². The number of nitrogens with one attached hydrogen (secondary N) is 1. The van der Waals surface area contributed by atoms with Crippen LogP contribution in [0.25, 0.3) is 0 Å². The van der Waals surface area contributed by atoms with E-state index in [2.05, 4.69) is 21.4 Å². The van der Waals surface area contributed by atoms with Gasteiger partial charge in [-0.05, 0) is 31.1 Å². The molecule has 0 saturated heterocycles. The second-order valence-electron chi connectivity index (χ2n) is 3.83. The molecule has 3 N–H and O–H groups in total. The van der Waals surface area contributed by atoms with Gasteiger partial charge in [0.2, 0.25) is 0 Å². The van der Waals surface area contributed by atoms with Gasteiger partial charge in [0.15, 0.2) is 0 Å². The third-order valence-electron chi connectivity index (χ3n) is 2.70. The monoisotopic (exact) mass is 300 g/mol. The van der Waals surface area contributed by atoms with Crippen LogP contribution in [0, 0.1) is 5.82 Å². The average molecular weight is 301 g/mol. The summed E-state index contributed by atoms with van der Waals surface area (Å²) in [7, 11) is 0. The number of benzene rings is 1. The van der Waals surface area contributed by atoms with Gasteiger partial charge in [-0.2, -0.15) is 0 Å². The van der Waals surface area contributed by atoms with Crippen LogP contribution in [0.3, 0.4) is 0 Å². The fraction of sp³-hybridized carbons (Fsp3) is 0.333. The number of ether oxygens (including phenoxy) is 1. The van der Waals surface area contributed by atoms with E-state index >= 15 is 0 Å². The lowest BCUT2D eigenvalue weighted by molar-refractivity contribution is 0.166. The average Bonchev–Trinajstić information content (AvgIpc) is 2.35. The Labute approximate surface area is 108 Å². The minimum Gasteiger partial charge on any atom is -0.496 e. The first kappa shape index (κ1) is 12.5. The predicted molar refractivity (Wildman–Crippen MR) is 67.4 cm³/mol. The molecule has 17 heavy (non-hydrogen) atoms. The van der Waals surface area contributed by atoms with E-state index in [9.17, 15) is 4.39 Å². The van der Waals surface area contributed by atoms with E-state index in [1.54, 1.807) is 12.1 Å². The number of hydrazine groups is 1. The molecule has 0 spiro atoms. The Morgan fingerprint density at radius 2 is 2.29 bits per heavy atom. The van der Waals surface area contributed by atoms with Gasteiger partial charge in [-0.15, -0.1) is 0 Å². The molecule has 5 heteroatoms. The number of hydrogen-bond donors (Lipinski definition) is 2. The lowest BCUT2D eigenvalue weighted by Gasteiger charge is -2.24. The third kappa shape index (κ3) is 2.68. The Balaban J connectivity index is 2.38. The van der Waals surface area contributed by atoms with E-state index in [0.29, 0.717) is 22.4 Å². The molecule has 0 radical (unpaired) electrons. The SMILES string of the molecule is NNC(C1=CCCCO1)c1c(F)cccc1Br. The molecule has 0 bridgehead atoms. The van der Waals surface area contributed by atoms with Crippen molar-refractivity contribution >= 4 is 15.9 Å². The third-order valence-corrected chi connectivity index (χ3v) is 3.39. The Morgan fingerprint density at radius 1 is 1.47 bits per heavy atom. The standard InChI is InChI=1S/C12H14BrFN2O/c13-8-4-3-5-9(14)11(8)12(16-15)10-6-1-2-7-17-10/h3-6,12,16H,1-2,7,15H2. The molecule has 1 atom stereocenters. The van der Waals surface area contributed by atoms with Crippen LogP contribution >= 0.6 is 15.9 Å². The Morgan fingerprint density at radius 3 is 2.88 bits per heavy atom. The van der Waals surface area contributed by atoms with Crippen LogP contribution in [-0.4, -0.2) is 6.61 Å². The van der Waals surface area contributed by atoms with E-state index in [4.69, 9.17) is 10.6 Å². The van der Waals surface area contributed by atoms with Gasteiger partial charge >= 0.3 is 0 Å². The van der Waals surface area contributed by atoms with Crippen LogP contribution in [0.1, 0.15) is 24.4 Å². The number of allylic oxidation sites excluding steroid dienone is 1. The summed E-state index contributed by atoms with van der Waals surface area (Å²) in [5.41, 5.74) is 3.08. The van der Waals surface area contributed by atoms with E-state index in [1.807, 2.05) is 6.08 Å². The highest BCUT2D eigenvalue weighted by atomic mass is 79.9. The molecule has 1 aliphatic heterocycles. The topological polar surface area (TPSA) is 47.3 Å². The molecule has 3 nitrogen and oxygen atoms in total. The molecule has 0 aromatic heterocycles. The smallest absolute Gasteiger partial charge is 0.129 e. The minimum absolute atomic E-state index is 0.308. The van der Waals surface area contributed by atoms with Gasteiger partial charge in [0.1, 0.15) is 17.6 Å². The molecule has 2 rings (SSSR count). The molecule has 1 aromatic carbocycles. The number of hydrogen-bond acceptors (Lipinski definition) is 3. The number of halogens is 2. The number of nitrogens with two attached hydrogens (primary N) is 1. The number of rotatable bonds is 3. The quantitative estimate of drug-likeness (QED) is 0.666. The van der Waals surface area contributed by atoms with Crippen molar-refractivity contribution in [2.24, 2.45) is 5.84 Å². The zero-order valence-electron chi connectivity index (χ0n) is 9.25. The molecule has 1 aromatic rings. The first-order valence-corrected chi connectivity index (χ1v) is 6.26. The van der Waals surface area contributed by atoms with Crippen LogP contribution in [-0.2, 0) is 4.74 Å². The van der Waals surface area contributed by atoms with Gasteiger partial charge in [0, 0.05) is 10.0 Å². The Bertz CT molecular complexity index is 416. The van der Waals surface area contributed by atoms with Gasteiger partial charge < -0.3 is 4.74 Å². The minimum atomic E-state index is -0.453. The van der Waals surface area contributed by atoms with Crippen molar-refractivity contribution in [1.82, 2.24) is 5.43 Å². The van der Waals surface area contributed by atoms with Gasteiger partial charge in [0.05, 0.1) is 6.61 Å². The van der Waals surface area contributed by atoms with Crippen molar-refractivity contribution in [3.63, 3.8) is 0 Å². The summed E-state index contributed by atoms with van der Waals surface area (Å²) < 4.78 is 20.0. The molecule has 1 aliphatic rings. The Kier molecular flexibility index (Phi) is 4.15. The molecular formula is C12H14BrFN2O. The predicted octanol–water partition coefficient (Wildman–Crippen LogP) is 2.79. The summed E-state index contributed by atoms with van der Waals surface area (Å²) in [5.74, 6) is 5.89. The van der Waals surface area contributed by atoms with Gasteiger partial charge in [-0.1, -0.05) is 22.0 Å². The zero-order chi connectivity index (χ0) is 12.3. The fourth-order valence-corrected chi connectivity index (χ4v) is 2.44. The van der Waals surface area contributed by atoms with Gasteiger partial charge in [-0.3, -0.25) is 5.84 Å². The summed E-state index contributed by atoms with van der Waals surface area (Å²) in [5, 5.41) is 0. The van der Waals surface area contributed by atoms with Crippen LogP contribution < -0.4 is 11.3 Å². The maximum absolute atomic E-state index is 13.8. The highest BCUT2D eigenvalue weighted by Crippen LogP contribution is 2.32. The van der Waals surface area contributed by atoms with Crippen LogP contribution in [0.2, 0.25) is 0 Å². The molecule has 92 valence electrons. The maximum Gasteiger partial charge on any atom is 0.129 e. The first-order chi connectivity index (χ1) is 8.24. The fourth-order valence-electron chi connectivity index (χ4n) is 1.87. The summed E-state index contributed by atoms with van der Waals surface area (Å²) in [6, 6.07) is 4.39. The van der Waals surface area contributed by atoms with E-state index in [1.165, 1.54) is 6.07 Å². The van der Waals surface area contributed by atoms with Crippen molar-refractivity contribution in [2.75, 3.05) is 6.61 Å². The van der Waals surface area contributed by atoms with Gasteiger partial charge in [0.25, 0.3) is 0 Å². The second-order valence-corrected chi connectivity index (χ2v) is 4.69. The van der Waals surface area contributed by atoms with Crippen molar-refractivity contribution < 1.29 is 9.13 Å². The second kappa shape index (κ2) is 5.62. The lowest BCUT2D eigenvalue weighted by atomic mass is 10.0. The molecule has 0 amide bonds. The van der Waals surface area contributed by atoms with Crippen LogP contribution in [0.5, 0.6) is 0 Å². The molecule has 1 unspecified atom stereocenters. The zero-order valence-corrected chi connectivity index (χ0v) is 10.8. The highest BCUT2D eigenvalue weighted by Gasteiger charge is 2.23. The molecular weight excluding hydrogens is 287 g/mol.